The second-order valence-electron chi connectivity index (χ2n) is 5.77. The molecule has 1 amide bonds. The van der Waals surface area contributed by atoms with Crippen molar-refractivity contribution < 1.29 is 4.79 Å². The lowest BCUT2D eigenvalue weighted by atomic mass is 10.0. The second-order valence-corrected chi connectivity index (χ2v) is 5.77. The van der Waals surface area contributed by atoms with Crippen LogP contribution in [0.1, 0.15) is 10.4 Å². The Morgan fingerprint density at radius 3 is 2.48 bits per heavy atom. The number of carbonyl (C=O) groups excluding carboxylic acids is 1. The molecular weight excluding hydrogens is 266 g/mol. The molecule has 108 valence electrons. The van der Waals surface area contributed by atoms with E-state index in [4.69, 9.17) is 0 Å². The monoisotopic (exact) mass is 283 g/mol. The SMILES string of the molecule is O=C(c1ccccc1-n1cnnc1)N1C[C@H]2CNC[C@H]2C1. The summed E-state index contributed by atoms with van der Waals surface area (Å²) in [7, 11) is 0. The first kappa shape index (κ1) is 12.5. The van der Waals surface area contributed by atoms with E-state index in [2.05, 4.69) is 15.5 Å². The molecule has 1 aromatic heterocycles. The van der Waals surface area contributed by atoms with Crippen molar-refractivity contribution in [2.45, 2.75) is 0 Å². The fourth-order valence-electron chi connectivity index (χ4n) is 3.40. The van der Waals surface area contributed by atoms with E-state index >= 15 is 0 Å². The first-order valence-electron chi connectivity index (χ1n) is 7.27. The smallest absolute Gasteiger partial charge is 0.256 e. The summed E-state index contributed by atoms with van der Waals surface area (Å²) in [5.74, 6) is 1.32. The standard InChI is InChI=1S/C15H17N5O/c21-15(19-7-11-5-16-6-12(11)8-19)13-3-1-2-4-14(13)20-9-17-18-10-20/h1-4,9-12,16H,5-8H2/t11-,12+. The normalized spacial score (nSPS) is 24.3. The predicted molar refractivity (Wildman–Crippen MR) is 77.1 cm³/mol. The lowest BCUT2D eigenvalue weighted by molar-refractivity contribution is 0.0781. The summed E-state index contributed by atoms with van der Waals surface area (Å²) in [5, 5.41) is 11.0. The predicted octanol–water partition coefficient (Wildman–Crippen LogP) is 0.559. The van der Waals surface area contributed by atoms with Gasteiger partial charge in [0.15, 0.2) is 0 Å². The molecule has 2 aliphatic heterocycles. The molecule has 0 bridgehead atoms. The van der Waals surface area contributed by atoms with E-state index in [-0.39, 0.29) is 5.91 Å². The number of carbonyl (C=O) groups is 1. The van der Waals surface area contributed by atoms with Crippen molar-refractivity contribution in [2.24, 2.45) is 11.8 Å². The van der Waals surface area contributed by atoms with Gasteiger partial charge < -0.3 is 10.2 Å². The van der Waals surface area contributed by atoms with Gasteiger partial charge >= 0.3 is 0 Å². The van der Waals surface area contributed by atoms with Crippen LogP contribution in [-0.4, -0.2) is 51.8 Å². The molecule has 6 nitrogen and oxygen atoms in total. The maximum absolute atomic E-state index is 12.8. The van der Waals surface area contributed by atoms with Crippen molar-refractivity contribution in [3.8, 4) is 5.69 Å². The average Bonchev–Trinajstić information content (AvgIpc) is 3.22. The topological polar surface area (TPSA) is 63.1 Å². The Labute approximate surface area is 122 Å². The van der Waals surface area contributed by atoms with Gasteiger partial charge in [0.05, 0.1) is 11.3 Å². The molecule has 0 spiro atoms. The first-order chi connectivity index (χ1) is 10.3. The number of amides is 1. The molecule has 2 fully saturated rings. The van der Waals surface area contributed by atoms with Gasteiger partial charge in [-0.25, -0.2) is 0 Å². The lowest BCUT2D eigenvalue weighted by Gasteiger charge is -2.19. The molecule has 1 aromatic carbocycles. The summed E-state index contributed by atoms with van der Waals surface area (Å²) in [6.45, 7) is 3.77. The first-order valence-corrected chi connectivity index (χ1v) is 7.27. The zero-order valence-electron chi connectivity index (χ0n) is 11.6. The Morgan fingerprint density at radius 2 is 1.76 bits per heavy atom. The third-order valence-electron chi connectivity index (χ3n) is 4.51. The molecule has 0 saturated carbocycles. The number of aromatic nitrogens is 3. The number of benzene rings is 1. The Morgan fingerprint density at radius 1 is 1.10 bits per heavy atom. The van der Waals surface area contributed by atoms with E-state index in [1.54, 1.807) is 17.2 Å². The fraction of sp³-hybridized carbons (Fsp3) is 0.400. The second kappa shape index (κ2) is 4.96. The molecule has 2 aliphatic rings. The third-order valence-corrected chi connectivity index (χ3v) is 4.51. The molecule has 0 unspecified atom stereocenters. The molecule has 3 heterocycles. The van der Waals surface area contributed by atoms with Gasteiger partial charge in [-0.15, -0.1) is 10.2 Å². The Hall–Kier alpha value is -2.21. The number of nitrogens with zero attached hydrogens (tertiary/aromatic N) is 4. The minimum Gasteiger partial charge on any atom is -0.338 e. The fourth-order valence-corrected chi connectivity index (χ4v) is 3.40. The maximum Gasteiger partial charge on any atom is 0.256 e. The Balaban J connectivity index is 1.63. The molecule has 21 heavy (non-hydrogen) atoms. The highest BCUT2D eigenvalue weighted by atomic mass is 16.2. The van der Waals surface area contributed by atoms with Crippen molar-refractivity contribution in [1.82, 2.24) is 25.0 Å². The van der Waals surface area contributed by atoms with Gasteiger partial charge in [-0.2, -0.15) is 0 Å². The van der Waals surface area contributed by atoms with Crippen LogP contribution < -0.4 is 5.32 Å². The summed E-state index contributed by atoms with van der Waals surface area (Å²) >= 11 is 0. The van der Waals surface area contributed by atoms with E-state index in [9.17, 15) is 4.79 Å². The largest absolute Gasteiger partial charge is 0.338 e. The van der Waals surface area contributed by atoms with Gasteiger partial charge in [0.2, 0.25) is 0 Å². The van der Waals surface area contributed by atoms with Crippen LogP contribution in [0.3, 0.4) is 0 Å². The van der Waals surface area contributed by atoms with E-state index in [0.717, 1.165) is 31.9 Å². The lowest BCUT2D eigenvalue weighted by Crippen LogP contribution is -2.32. The van der Waals surface area contributed by atoms with Crippen molar-refractivity contribution in [1.29, 1.82) is 0 Å². The number of hydrogen-bond acceptors (Lipinski definition) is 4. The Bertz CT molecular complexity index is 642. The van der Waals surface area contributed by atoms with Gasteiger partial charge in [0.25, 0.3) is 5.91 Å². The van der Waals surface area contributed by atoms with Gasteiger partial charge in [-0.05, 0) is 24.0 Å². The van der Waals surface area contributed by atoms with Gasteiger partial charge in [-0.1, -0.05) is 12.1 Å². The molecule has 2 atom stereocenters. The summed E-state index contributed by atoms with van der Waals surface area (Å²) in [5.41, 5.74) is 1.55. The number of para-hydroxylation sites is 1. The quantitative estimate of drug-likeness (QED) is 0.874. The minimum absolute atomic E-state index is 0.105. The van der Waals surface area contributed by atoms with Crippen molar-refractivity contribution in [2.75, 3.05) is 26.2 Å². The minimum atomic E-state index is 0.105. The van der Waals surface area contributed by atoms with Gasteiger partial charge in [0, 0.05) is 26.2 Å². The van der Waals surface area contributed by atoms with Crippen molar-refractivity contribution in [3.63, 3.8) is 0 Å². The zero-order chi connectivity index (χ0) is 14.2. The molecule has 0 radical (unpaired) electrons. The molecule has 1 N–H and O–H groups in total. The van der Waals surface area contributed by atoms with Crippen LogP contribution >= 0.6 is 0 Å². The maximum atomic E-state index is 12.8. The van der Waals surface area contributed by atoms with Gasteiger partial charge in [-0.3, -0.25) is 9.36 Å². The number of hydrogen-bond donors (Lipinski definition) is 1. The number of likely N-dealkylation sites (tertiary alicyclic amines) is 1. The van der Waals surface area contributed by atoms with Crippen molar-refractivity contribution >= 4 is 5.91 Å². The average molecular weight is 283 g/mol. The highest BCUT2D eigenvalue weighted by Gasteiger charge is 2.38. The van der Waals surface area contributed by atoms with Crippen LogP contribution in [0.5, 0.6) is 0 Å². The van der Waals surface area contributed by atoms with Crippen LogP contribution in [0.15, 0.2) is 36.9 Å². The van der Waals surface area contributed by atoms with Crippen LogP contribution in [0.25, 0.3) is 5.69 Å². The summed E-state index contributed by atoms with van der Waals surface area (Å²) in [6, 6.07) is 7.63. The van der Waals surface area contributed by atoms with Crippen LogP contribution in [-0.2, 0) is 0 Å². The Kier molecular flexibility index (Phi) is 2.96. The molecule has 0 aliphatic carbocycles. The van der Waals surface area contributed by atoms with Crippen LogP contribution in [0.2, 0.25) is 0 Å². The summed E-state index contributed by atoms with van der Waals surface area (Å²) in [4.78, 5) is 14.8. The van der Waals surface area contributed by atoms with Gasteiger partial charge in [0.1, 0.15) is 12.7 Å². The number of rotatable bonds is 2. The number of nitrogens with one attached hydrogen (secondary N) is 1. The summed E-state index contributed by atoms with van der Waals surface area (Å²) < 4.78 is 1.78. The third kappa shape index (κ3) is 2.12. The van der Waals surface area contributed by atoms with Crippen LogP contribution in [0, 0.1) is 11.8 Å². The molecular formula is C15H17N5O. The highest BCUT2D eigenvalue weighted by Crippen LogP contribution is 2.28. The van der Waals surface area contributed by atoms with Crippen LogP contribution in [0.4, 0.5) is 0 Å². The highest BCUT2D eigenvalue weighted by molar-refractivity contribution is 5.98. The molecule has 4 rings (SSSR count). The molecule has 6 heteroatoms. The summed E-state index contributed by atoms with van der Waals surface area (Å²) in [6.07, 6.45) is 3.24. The van der Waals surface area contributed by atoms with E-state index < -0.39 is 0 Å². The molecule has 2 saturated heterocycles. The molecule has 2 aromatic rings. The number of fused-ring (bicyclic) bond motifs is 1. The zero-order valence-corrected chi connectivity index (χ0v) is 11.6. The van der Waals surface area contributed by atoms with Crippen molar-refractivity contribution in [3.05, 3.63) is 42.5 Å². The van der Waals surface area contributed by atoms with E-state index in [1.165, 1.54) is 0 Å². The van der Waals surface area contributed by atoms with E-state index in [1.807, 2.05) is 29.2 Å². The van der Waals surface area contributed by atoms with E-state index in [0.29, 0.717) is 17.4 Å².